The lowest BCUT2D eigenvalue weighted by Crippen LogP contribution is -2.40. The molecule has 4 aromatic rings. The number of hydrogen-bond donors (Lipinski definition) is 3. The number of rotatable bonds is 10. The summed E-state index contributed by atoms with van der Waals surface area (Å²) >= 11 is 0. The van der Waals surface area contributed by atoms with E-state index in [-0.39, 0.29) is 34.9 Å². The molecule has 10 nitrogen and oxygen atoms in total. The molecule has 0 spiro atoms. The van der Waals surface area contributed by atoms with E-state index in [2.05, 4.69) is 15.6 Å². The van der Waals surface area contributed by atoms with Crippen LogP contribution in [-0.2, 0) is 0 Å². The molecule has 0 atom stereocenters. The first-order valence-electron chi connectivity index (χ1n) is 14.4. The van der Waals surface area contributed by atoms with Gasteiger partial charge >= 0.3 is 5.97 Å². The second-order valence-electron chi connectivity index (χ2n) is 10.7. The predicted molar refractivity (Wildman–Crippen MR) is 167 cm³/mol. The molecule has 226 valence electrons. The van der Waals surface area contributed by atoms with Gasteiger partial charge in [-0.1, -0.05) is 24.3 Å². The number of para-hydroxylation sites is 2. The highest BCUT2D eigenvalue weighted by Crippen LogP contribution is 2.28. The van der Waals surface area contributed by atoms with E-state index in [1.165, 1.54) is 18.3 Å². The zero-order valence-corrected chi connectivity index (χ0v) is 24.5. The van der Waals surface area contributed by atoms with Gasteiger partial charge in [0.2, 0.25) is 5.88 Å². The normalized spacial score (nSPS) is 16.0. The second-order valence-corrected chi connectivity index (χ2v) is 10.7. The van der Waals surface area contributed by atoms with Crippen LogP contribution in [-0.4, -0.2) is 54.1 Å². The van der Waals surface area contributed by atoms with Crippen LogP contribution in [0, 0.1) is 0 Å². The standard InChI is InChI=1S/C34H34N4O6/c1-38(2)30-10-6-4-8-28(30)33(40)36-23-12-14-24(15-13-23)43-25-16-18-26(19-17-25)44-31-20-11-22(21-35-31)32(39)37-29-9-5-3-7-27(29)34(41)42/h3-11,16-21,23-24H,12-15H2,1-2H3,(H,36,40)(H,37,39)(H,41,42). The van der Waals surface area contributed by atoms with Crippen molar-refractivity contribution in [1.82, 2.24) is 10.3 Å². The summed E-state index contributed by atoms with van der Waals surface area (Å²) in [4.78, 5) is 43.0. The summed E-state index contributed by atoms with van der Waals surface area (Å²) in [5.41, 5.74) is 2.03. The molecule has 0 aliphatic heterocycles. The number of hydrogen-bond acceptors (Lipinski definition) is 7. The quantitative estimate of drug-likeness (QED) is 0.204. The van der Waals surface area contributed by atoms with E-state index < -0.39 is 11.9 Å². The Morgan fingerprint density at radius 2 is 1.45 bits per heavy atom. The lowest BCUT2D eigenvalue weighted by Gasteiger charge is -2.30. The monoisotopic (exact) mass is 594 g/mol. The van der Waals surface area contributed by atoms with E-state index in [1.807, 2.05) is 55.4 Å². The minimum atomic E-state index is -1.13. The molecule has 5 rings (SSSR count). The van der Waals surface area contributed by atoms with E-state index >= 15 is 0 Å². The number of nitrogens with one attached hydrogen (secondary N) is 2. The van der Waals surface area contributed by atoms with Gasteiger partial charge in [-0.2, -0.15) is 0 Å². The SMILES string of the molecule is CN(C)c1ccccc1C(=O)NC1CCC(Oc2ccc(Oc3ccc(C(=O)Nc4ccccc4C(=O)O)cn3)cc2)CC1. The van der Waals surface area contributed by atoms with Crippen molar-refractivity contribution in [3.63, 3.8) is 0 Å². The van der Waals surface area contributed by atoms with Gasteiger partial charge < -0.3 is 30.1 Å². The summed E-state index contributed by atoms with van der Waals surface area (Å²) in [5, 5.41) is 15.1. The number of carbonyl (C=O) groups excluding carboxylic acids is 2. The molecular weight excluding hydrogens is 560 g/mol. The van der Waals surface area contributed by atoms with Crippen molar-refractivity contribution >= 4 is 29.2 Å². The van der Waals surface area contributed by atoms with Gasteiger partial charge in [-0.15, -0.1) is 0 Å². The minimum absolute atomic E-state index is 0.0000155. The molecular formula is C34H34N4O6. The highest BCUT2D eigenvalue weighted by atomic mass is 16.5. The van der Waals surface area contributed by atoms with Gasteiger partial charge in [0.15, 0.2) is 0 Å². The Kier molecular flexibility index (Phi) is 9.39. The van der Waals surface area contributed by atoms with Gasteiger partial charge in [-0.05, 0) is 80.3 Å². The Bertz CT molecular complexity index is 1610. The van der Waals surface area contributed by atoms with Gasteiger partial charge in [0.1, 0.15) is 11.5 Å². The first-order valence-corrected chi connectivity index (χ1v) is 14.4. The molecule has 1 aliphatic rings. The third-order valence-corrected chi connectivity index (χ3v) is 7.39. The van der Waals surface area contributed by atoms with Crippen LogP contribution in [0.1, 0.15) is 56.8 Å². The molecule has 2 amide bonds. The van der Waals surface area contributed by atoms with E-state index in [1.54, 1.807) is 36.4 Å². The number of carboxylic acids is 1. The average molecular weight is 595 g/mol. The zero-order valence-electron chi connectivity index (χ0n) is 24.5. The number of nitrogens with zero attached hydrogens (tertiary/aromatic N) is 2. The molecule has 1 aromatic heterocycles. The minimum Gasteiger partial charge on any atom is -0.490 e. The van der Waals surface area contributed by atoms with E-state index in [4.69, 9.17) is 9.47 Å². The topological polar surface area (TPSA) is 130 Å². The molecule has 0 unspecified atom stereocenters. The van der Waals surface area contributed by atoms with Crippen LogP contribution in [0.2, 0.25) is 0 Å². The Morgan fingerprint density at radius 3 is 2.11 bits per heavy atom. The Morgan fingerprint density at radius 1 is 0.795 bits per heavy atom. The molecule has 1 fully saturated rings. The van der Waals surface area contributed by atoms with E-state index in [0.29, 0.717) is 17.2 Å². The highest BCUT2D eigenvalue weighted by molar-refractivity contribution is 6.07. The summed E-state index contributed by atoms with van der Waals surface area (Å²) in [6.45, 7) is 0. The van der Waals surface area contributed by atoms with Crippen LogP contribution in [0.15, 0.2) is 91.1 Å². The third kappa shape index (κ3) is 7.52. The molecule has 10 heteroatoms. The van der Waals surface area contributed by atoms with Crippen LogP contribution in [0.4, 0.5) is 11.4 Å². The molecule has 3 N–H and O–H groups in total. The van der Waals surface area contributed by atoms with Crippen LogP contribution >= 0.6 is 0 Å². The molecule has 44 heavy (non-hydrogen) atoms. The maximum absolute atomic E-state index is 12.9. The Balaban J connectivity index is 1.09. The third-order valence-electron chi connectivity index (χ3n) is 7.39. The van der Waals surface area contributed by atoms with E-state index in [0.717, 1.165) is 37.1 Å². The van der Waals surface area contributed by atoms with Gasteiger partial charge in [0, 0.05) is 38.1 Å². The molecule has 1 saturated carbocycles. The van der Waals surface area contributed by atoms with Crippen molar-refractivity contribution in [2.45, 2.75) is 37.8 Å². The number of amides is 2. The largest absolute Gasteiger partial charge is 0.490 e. The number of aromatic nitrogens is 1. The second kappa shape index (κ2) is 13.7. The molecule has 1 aliphatic carbocycles. The molecule has 1 heterocycles. The van der Waals surface area contributed by atoms with Crippen LogP contribution in [0.25, 0.3) is 0 Å². The first kappa shape index (κ1) is 30.1. The number of pyridine rings is 1. The van der Waals surface area contributed by atoms with Crippen molar-refractivity contribution < 1.29 is 29.0 Å². The number of aromatic carboxylic acids is 1. The molecule has 0 bridgehead atoms. The number of carboxylic acid groups (broad SMARTS) is 1. The van der Waals surface area contributed by atoms with Crippen molar-refractivity contribution in [2.24, 2.45) is 0 Å². The van der Waals surface area contributed by atoms with Crippen molar-refractivity contribution in [3.05, 3.63) is 108 Å². The van der Waals surface area contributed by atoms with Crippen molar-refractivity contribution in [1.29, 1.82) is 0 Å². The van der Waals surface area contributed by atoms with Crippen molar-refractivity contribution in [3.8, 4) is 17.4 Å². The molecule has 0 saturated heterocycles. The van der Waals surface area contributed by atoms with Gasteiger partial charge in [0.25, 0.3) is 11.8 Å². The average Bonchev–Trinajstić information content (AvgIpc) is 3.03. The lowest BCUT2D eigenvalue weighted by molar-refractivity contribution is 0.0697. The lowest BCUT2D eigenvalue weighted by atomic mass is 9.92. The number of benzene rings is 3. The summed E-state index contributed by atoms with van der Waals surface area (Å²) in [5.74, 6) is -0.0774. The van der Waals surface area contributed by atoms with E-state index in [9.17, 15) is 19.5 Å². The number of carbonyl (C=O) groups is 3. The van der Waals surface area contributed by atoms with Crippen LogP contribution in [0.3, 0.4) is 0 Å². The number of anilines is 2. The van der Waals surface area contributed by atoms with Crippen LogP contribution in [0.5, 0.6) is 17.4 Å². The van der Waals surface area contributed by atoms with Crippen molar-refractivity contribution in [2.75, 3.05) is 24.3 Å². The smallest absolute Gasteiger partial charge is 0.337 e. The predicted octanol–water partition coefficient (Wildman–Crippen LogP) is 6.01. The maximum Gasteiger partial charge on any atom is 0.337 e. The van der Waals surface area contributed by atoms with Gasteiger partial charge in [0.05, 0.1) is 28.5 Å². The van der Waals surface area contributed by atoms with Gasteiger partial charge in [-0.3, -0.25) is 9.59 Å². The highest BCUT2D eigenvalue weighted by Gasteiger charge is 2.25. The maximum atomic E-state index is 12.9. The molecule has 0 radical (unpaired) electrons. The summed E-state index contributed by atoms with van der Waals surface area (Å²) in [6, 6.07) is 24.3. The molecule has 3 aromatic carbocycles. The Labute approximate surface area is 255 Å². The fourth-order valence-electron chi connectivity index (χ4n) is 5.09. The zero-order chi connectivity index (χ0) is 31.1. The summed E-state index contributed by atoms with van der Waals surface area (Å²) < 4.78 is 12.0. The summed E-state index contributed by atoms with van der Waals surface area (Å²) in [7, 11) is 3.86. The number of ether oxygens (including phenoxy) is 2. The fourth-order valence-corrected chi connectivity index (χ4v) is 5.09. The van der Waals surface area contributed by atoms with Gasteiger partial charge in [-0.25, -0.2) is 9.78 Å². The summed E-state index contributed by atoms with van der Waals surface area (Å²) in [6.07, 6.45) is 4.78. The fraction of sp³-hybridized carbons (Fsp3) is 0.235. The Hall–Kier alpha value is -5.38. The first-order chi connectivity index (χ1) is 21.3. The van der Waals surface area contributed by atoms with Crippen LogP contribution < -0.4 is 25.0 Å².